The molecule has 0 aliphatic heterocycles. The van der Waals surface area contributed by atoms with E-state index in [9.17, 15) is 0 Å². The van der Waals surface area contributed by atoms with Crippen molar-refractivity contribution in [3.63, 3.8) is 0 Å². The van der Waals surface area contributed by atoms with Gasteiger partial charge in [0.1, 0.15) is 0 Å². The molecule has 1 heterocycles. The highest BCUT2D eigenvalue weighted by Crippen LogP contribution is 2.27. The molecule has 0 radical (unpaired) electrons. The van der Waals surface area contributed by atoms with Crippen LogP contribution < -0.4 is 5.73 Å². The normalized spacial score (nSPS) is 13.5. The molecule has 0 spiro atoms. The number of hydrogen-bond acceptors (Lipinski definition) is 1. The fourth-order valence-corrected chi connectivity index (χ4v) is 2.48. The van der Waals surface area contributed by atoms with E-state index >= 15 is 0 Å². The summed E-state index contributed by atoms with van der Waals surface area (Å²) in [5.41, 5.74) is 10.0. The second-order valence-electron chi connectivity index (χ2n) is 5.31. The van der Waals surface area contributed by atoms with Gasteiger partial charge in [0.25, 0.3) is 0 Å². The first-order valence-electron chi connectivity index (χ1n) is 6.35. The smallest absolute Gasteiger partial charge is 0.0518 e. The molecular formula is C15H22N2. The summed E-state index contributed by atoms with van der Waals surface area (Å²) in [5, 5.41) is 1.36. The predicted octanol–water partition coefficient (Wildman–Crippen LogP) is 3.42. The van der Waals surface area contributed by atoms with E-state index in [0.29, 0.717) is 6.04 Å². The predicted molar refractivity (Wildman–Crippen MR) is 74.4 cm³/mol. The van der Waals surface area contributed by atoms with Gasteiger partial charge in [0.15, 0.2) is 0 Å². The summed E-state index contributed by atoms with van der Waals surface area (Å²) >= 11 is 0. The van der Waals surface area contributed by atoms with E-state index in [-0.39, 0.29) is 6.04 Å². The lowest BCUT2D eigenvalue weighted by molar-refractivity contribution is 0.618. The average Bonchev–Trinajstić information content (AvgIpc) is 2.57. The highest BCUT2D eigenvalue weighted by molar-refractivity contribution is 5.86. The van der Waals surface area contributed by atoms with Gasteiger partial charge in [-0.25, -0.2) is 0 Å². The Balaban J connectivity index is 2.67. The van der Waals surface area contributed by atoms with Crippen LogP contribution in [0.1, 0.15) is 37.9 Å². The Kier molecular flexibility index (Phi) is 3.25. The number of aromatic nitrogens is 1. The zero-order valence-corrected chi connectivity index (χ0v) is 11.2. The Morgan fingerprint density at radius 3 is 2.53 bits per heavy atom. The van der Waals surface area contributed by atoms with Crippen molar-refractivity contribution in [1.29, 1.82) is 0 Å². The Morgan fingerprint density at radius 1 is 1.24 bits per heavy atom. The fourth-order valence-electron chi connectivity index (χ4n) is 2.48. The maximum Gasteiger partial charge on any atom is 0.0518 e. The van der Waals surface area contributed by atoms with E-state index in [1.807, 2.05) is 0 Å². The molecular weight excluding hydrogens is 208 g/mol. The van der Waals surface area contributed by atoms with Gasteiger partial charge in [-0.2, -0.15) is 0 Å². The lowest BCUT2D eigenvalue weighted by atomic mass is 10.0. The fraction of sp³-hybridized carbons (Fsp3) is 0.467. The maximum absolute atomic E-state index is 5.94. The minimum Gasteiger partial charge on any atom is -0.344 e. The van der Waals surface area contributed by atoms with Crippen molar-refractivity contribution >= 4 is 10.9 Å². The molecule has 2 rings (SSSR count). The number of hydrogen-bond donors (Lipinski definition) is 1. The van der Waals surface area contributed by atoms with Gasteiger partial charge in [-0.05, 0) is 45.2 Å². The lowest BCUT2D eigenvalue weighted by Gasteiger charge is -2.14. The molecule has 2 nitrogen and oxygen atoms in total. The van der Waals surface area contributed by atoms with E-state index in [2.05, 4.69) is 56.7 Å². The van der Waals surface area contributed by atoms with E-state index in [1.54, 1.807) is 0 Å². The molecule has 2 N–H and O–H groups in total. The highest BCUT2D eigenvalue weighted by atomic mass is 15.0. The SMILES string of the molecule is Cc1cn(C(C)C)c2c(CC(C)N)cccc12. The van der Waals surface area contributed by atoms with Crippen molar-refractivity contribution in [3.05, 3.63) is 35.5 Å². The maximum atomic E-state index is 5.94. The molecule has 1 aromatic heterocycles. The Hall–Kier alpha value is -1.28. The van der Waals surface area contributed by atoms with Crippen LogP contribution in [0.25, 0.3) is 10.9 Å². The van der Waals surface area contributed by atoms with Crippen LogP contribution in [0.4, 0.5) is 0 Å². The molecule has 0 saturated heterocycles. The van der Waals surface area contributed by atoms with Gasteiger partial charge in [0.05, 0.1) is 5.52 Å². The van der Waals surface area contributed by atoms with E-state index in [4.69, 9.17) is 5.73 Å². The molecule has 0 saturated carbocycles. The van der Waals surface area contributed by atoms with Crippen molar-refractivity contribution in [1.82, 2.24) is 4.57 Å². The monoisotopic (exact) mass is 230 g/mol. The van der Waals surface area contributed by atoms with Gasteiger partial charge < -0.3 is 10.3 Å². The number of nitrogens with two attached hydrogens (primary N) is 1. The van der Waals surface area contributed by atoms with E-state index in [1.165, 1.54) is 22.0 Å². The molecule has 1 aromatic carbocycles. The van der Waals surface area contributed by atoms with Crippen LogP contribution in [0.3, 0.4) is 0 Å². The molecule has 0 fully saturated rings. The van der Waals surface area contributed by atoms with Gasteiger partial charge in [-0.15, -0.1) is 0 Å². The van der Waals surface area contributed by atoms with E-state index < -0.39 is 0 Å². The minimum absolute atomic E-state index is 0.205. The van der Waals surface area contributed by atoms with Crippen LogP contribution in [0.5, 0.6) is 0 Å². The summed E-state index contributed by atoms with van der Waals surface area (Å²) in [4.78, 5) is 0. The summed E-state index contributed by atoms with van der Waals surface area (Å²) in [5.74, 6) is 0. The molecule has 0 aliphatic rings. The van der Waals surface area contributed by atoms with Crippen LogP contribution >= 0.6 is 0 Å². The highest BCUT2D eigenvalue weighted by Gasteiger charge is 2.12. The standard InChI is InChI=1S/C15H22N2/c1-10(2)17-9-11(3)14-7-5-6-13(15(14)17)8-12(4)16/h5-7,9-10,12H,8,16H2,1-4H3. The van der Waals surface area contributed by atoms with Crippen LogP contribution in [0.15, 0.2) is 24.4 Å². The summed E-state index contributed by atoms with van der Waals surface area (Å²) in [6.07, 6.45) is 3.19. The number of nitrogens with zero attached hydrogens (tertiary/aromatic N) is 1. The first-order valence-corrected chi connectivity index (χ1v) is 6.35. The van der Waals surface area contributed by atoms with Gasteiger partial charge in [-0.1, -0.05) is 18.2 Å². The first kappa shape index (κ1) is 12.2. The lowest BCUT2D eigenvalue weighted by Crippen LogP contribution is -2.18. The number of para-hydroxylation sites is 1. The number of benzene rings is 1. The molecule has 0 bridgehead atoms. The quantitative estimate of drug-likeness (QED) is 0.860. The number of aryl methyl sites for hydroxylation is 1. The zero-order valence-electron chi connectivity index (χ0n) is 11.2. The van der Waals surface area contributed by atoms with Crippen molar-refractivity contribution in [2.45, 2.75) is 46.2 Å². The Morgan fingerprint density at radius 2 is 1.94 bits per heavy atom. The Labute approximate surface area is 103 Å². The van der Waals surface area contributed by atoms with Crippen LogP contribution in [-0.2, 0) is 6.42 Å². The van der Waals surface area contributed by atoms with Crippen molar-refractivity contribution in [2.75, 3.05) is 0 Å². The molecule has 0 aliphatic carbocycles. The average molecular weight is 230 g/mol. The molecule has 2 heteroatoms. The second-order valence-corrected chi connectivity index (χ2v) is 5.31. The first-order chi connectivity index (χ1) is 8.00. The van der Waals surface area contributed by atoms with Gasteiger partial charge in [0, 0.05) is 23.7 Å². The molecule has 0 amide bonds. The number of fused-ring (bicyclic) bond motifs is 1. The molecule has 1 atom stereocenters. The molecule has 2 aromatic rings. The van der Waals surface area contributed by atoms with Gasteiger partial charge in [-0.3, -0.25) is 0 Å². The second kappa shape index (κ2) is 4.53. The minimum atomic E-state index is 0.205. The van der Waals surface area contributed by atoms with Gasteiger partial charge >= 0.3 is 0 Å². The largest absolute Gasteiger partial charge is 0.344 e. The zero-order chi connectivity index (χ0) is 12.6. The summed E-state index contributed by atoms with van der Waals surface area (Å²) in [6, 6.07) is 7.23. The summed E-state index contributed by atoms with van der Waals surface area (Å²) in [7, 11) is 0. The topological polar surface area (TPSA) is 30.9 Å². The summed E-state index contributed by atoms with van der Waals surface area (Å²) in [6.45, 7) is 8.69. The third-order valence-corrected chi connectivity index (χ3v) is 3.23. The summed E-state index contributed by atoms with van der Waals surface area (Å²) < 4.78 is 2.36. The van der Waals surface area contributed by atoms with Crippen LogP contribution in [-0.4, -0.2) is 10.6 Å². The van der Waals surface area contributed by atoms with Gasteiger partial charge in [0.2, 0.25) is 0 Å². The number of rotatable bonds is 3. The molecule has 92 valence electrons. The van der Waals surface area contributed by atoms with Crippen molar-refractivity contribution in [2.24, 2.45) is 5.73 Å². The van der Waals surface area contributed by atoms with Crippen molar-refractivity contribution in [3.8, 4) is 0 Å². The molecule has 17 heavy (non-hydrogen) atoms. The van der Waals surface area contributed by atoms with Crippen LogP contribution in [0, 0.1) is 6.92 Å². The van der Waals surface area contributed by atoms with E-state index in [0.717, 1.165) is 6.42 Å². The third-order valence-electron chi connectivity index (χ3n) is 3.23. The van der Waals surface area contributed by atoms with Crippen LogP contribution in [0.2, 0.25) is 0 Å². The third kappa shape index (κ3) is 2.22. The molecule has 1 unspecified atom stereocenters. The van der Waals surface area contributed by atoms with Crippen molar-refractivity contribution < 1.29 is 0 Å². The Bertz CT molecular complexity index is 521.